The van der Waals surface area contributed by atoms with Gasteiger partial charge in [-0.3, -0.25) is 13.9 Å². The fourth-order valence-electron chi connectivity index (χ4n) is 4.86. The van der Waals surface area contributed by atoms with Crippen LogP contribution in [0.15, 0.2) is 108 Å². The molecule has 0 aromatic heterocycles. The molecule has 0 spiro atoms. The fourth-order valence-corrected chi connectivity index (χ4v) is 6.45. The number of hydrogen-bond donors (Lipinski definition) is 1. The van der Waals surface area contributed by atoms with Gasteiger partial charge in [-0.05, 0) is 61.2 Å². The third-order valence-electron chi connectivity index (χ3n) is 7.41. The molecule has 0 unspecified atom stereocenters. The lowest BCUT2D eigenvalue weighted by Crippen LogP contribution is -2.53. The Balaban J connectivity index is 1.79. The van der Waals surface area contributed by atoms with E-state index in [4.69, 9.17) is 11.6 Å². The number of anilines is 1. The second-order valence-electron chi connectivity index (χ2n) is 11.7. The smallest absolute Gasteiger partial charge is 0.264 e. The van der Waals surface area contributed by atoms with Gasteiger partial charge in [0.2, 0.25) is 11.8 Å². The molecule has 2 amide bonds. The van der Waals surface area contributed by atoms with Crippen molar-refractivity contribution in [1.82, 2.24) is 10.2 Å². The van der Waals surface area contributed by atoms with Gasteiger partial charge in [-0.25, -0.2) is 8.42 Å². The van der Waals surface area contributed by atoms with Gasteiger partial charge >= 0.3 is 0 Å². The third kappa shape index (κ3) is 9.19. The predicted octanol–water partition coefficient (Wildman–Crippen LogP) is 6.56. The molecule has 0 saturated carbocycles. The van der Waals surface area contributed by atoms with Crippen molar-refractivity contribution in [3.05, 3.63) is 130 Å². The Morgan fingerprint density at radius 1 is 0.800 bits per heavy atom. The molecule has 0 aliphatic carbocycles. The van der Waals surface area contributed by atoms with E-state index in [1.807, 2.05) is 82.3 Å². The van der Waals surface area contributed by atoms with Gasteiger partial charge < -0.3 is 10.2 Å². The van der Waals surface area contributed by atoms with Crippen LogP contribution in [0, 0.1) is 19.8 Å². The molecule has 1 atom stereocenters. The van der Waals surface area contributed by atoms with E-state index in [0.717, 1.165) is 26.6 Å². The zero-order chi connectivity index (χ0) is 32.6. The highest BCUT2D eigenvalue weighted by Crippen LogP contribution is 2.27. The van der Waals surface area contributed by atoms with Crippen LogP contribution in [0.1, 0.15) is 36.1 Å². The molecule has 7 nitrogen and oxygen atoms in total. The first-order valence-corrected chi connectivity index (χ1v) is 16.8. The molecule has 4 aromatic rings. The normalized spacial score (nSPS) is 12.0. The number of amides is 2. The molecule has 0 heterocycles. The third-order valence-corrected chi connectivity index (χ3v) is 9.44. The van der Waals surface area contributed by atoms with Crippen LogP contribution in [0.4, 0.5) is 5.69 Å². The zero-order valence-electron chi connectivity index (χ0n) is 26.1. The van der Waals surface area contributed by atoms with Gasteiger partial charge in [0.25, 0.3) is 10.0 Å². The quantitative estimate of drug-likeness (QED) is 0.178. The maximum atomic E-state index is 14.5. The Morgan fingerprint density at radius 2 is 1.42 bits per heavy atom. The number of hydrogen-bond acceptors (Lipinski definition) is 4. The van der Waals surface area contributed by atoms with Crippen molar-refractivity contribution >= 4 is 39.1 Å². The number of halogens is 1. The summed E-state index contributed by atoms with van der Waals surface area (Å²) in [6.07, 6.45) is 0.254. The number of rotatable bonds is 13. The molecule has 0 fully saturated rings. The molecule has 0 aliphatic rings. The Bertz CT molecular complexity index is 1690. The van der Waals surface area contributed by atoms with E-state index in [9.17, 15) is 18.0 Å². The van der Waals surface area contributed by atoms with Crippen LogP contribution in [0.2, 0.25) is 5.02 Å². The van der Waals surface area contributed by atoms with Crippen molar-refractivity contribution in [2.45, 2.75) is 51.6 Å². The van der Waals surface area contributed by atoms with Crippen molar-refractivity contribution in [3.8, 4) is 0 Å². The monoisotopic (exact) mass is 645 g/mol. The number of sulfonamides is 1. The van der Waals surface area contributed by atoms with E-state index in [1.165, 1.54) is 23.1 Å². The molecule has 236 valence electrons. The lowest BCUT2D eigenvalue weighted by molar-refractivity contribution is -0.140. The van der Waals surface area contributed by atoms with Crippen molar-refractivity contribution in [3.63, 3.8) is 0 Å². The Hall–Kier alpha value is -4.14. The molecule has 0 aliphatic heterocycles. The van der Waals surface area contributed by atoms with E-state index < -0.39 is 28.5 Å². The molecule has 0 bridgehead atoms. The molecule has 1 N–H and O–H groups in total. The number of nitrogens with zero attached hydrogens (tertiary/aromatic N) is 2. The minimum Gasteiger partial charge on any atom is -0.354 e. The maximum absolute atomic E-state index is 14.5. The van der Waals surface area contributed by atoms with Gasteiger partial charge in [0.1, 0.15) is 12.6 Å². The van der Waals surface area contributed by atoms with Crippen LogP contribution in [0.25, 0.3) is 0 Å². The predicted molar refractivity (Wildman–Crippen MR) is 181 cm³/mol. The summed E-state index contributed by atoms with van der Waals surface area (Å²) in [6, 6.07) is 29.2. The Labute approximate surface area is 271 Å². The van der Waals surface area contributed by atoms with Gasteiger partial charge in [-0.2, -0.15) is 0 Å². The summed E-state index contributed by atoms with van der Waals surface area (Å²) < 4.78 is 29.3. The zero-order valence-corrected chi connectivity index (χ0v) is 27.7. The number of carbonyl (C=O) groups is 2. The minimum absolute atomic E-state index is 0.0430. The summed E-state index contributed by atoms with van der Waals surface area (Å²) in [5.74, 6) is -0.624. The van der Waals surface area contributed by atoms with E-state index in [2.05, 4.69) is 5.32 Å². The fraction of sp³-hybridized carbons (Fsp3) is 0.278. The molecule has 4 rings (SSSR count). The van der Waals surface area contributed by atoms with Crippen LogP contribution < -0.4 is 9.62 Å². The van der Waals surface area contributed by atoms with Gasteiger partial charge in [0, 0.05) is 24.5 Å². The van der Waals surface area contributed by atoms with Gasteiger partial charge in [-0.1, -0.05) is 109 Å². The highest BCUT2D eigenvalue weighted by molar-refractivity contribution is 7.92. The number of benzene rings is 4. The first-order valence-electron chi connectivity index (χ1n) is 15.0. The number of nitrogens with one attached hydrogen (secondary N) is 1. The van der Waals surface area contributed by atoms with Crippen LogP contribution >= 0.6 is 11.6 Å². The lowest BCUT2D eigenvalue weighted by Gasteiger charge is -2.34. The minimum atomic E-state index is -4.19. The van der Waals surface area contributed by atoms with Crippen LogP contribution in [0.3, 0.4) is 0 Å². The standard InChI is InChI=1S/C36H40ClN3O4S/c1-26(2)23-38-36(42)34(21-29-9-6-5-7-10-29)39(24-30-17-13-27(3)14-18-30)35(41)25-40(32-12-8-11-31(37)22-32)45(43,44)33-19-15-28(4)16-20-33/h5-20,22,26,34H,21,23-25H2,1-4H3,(H,38,42)/t34-/m0/s1. The summed E-state index contributed by atoms with van der Waals surface area (Å²) in [6.45, 7) is 7.86. The number of aryl methyl sites for hydroxylation is 2. The van der Waals surface area contributed by atoms with E-state index >= 15 is 0 Å². The van der Waals surface area contributed by atoms with Gasteiger partial charge in [-0.15, -0.1) is 0 Å². The largest absolute Gasteiger partial charge is 0.354 e. The van der Waals surface area contributed by atoms with E-state index in [1.54, 1.807) is 30.3 Å². The van der Waals surface area contributed by atoms with Gasteiger partial charge in [0.15, 0.2) is 0 Å². The van der Waals surface area contributed by atoms with E-state index in [-0.39, 0.29) is 35.4 Å². The van der Waals surface area contributed by atoms with Crippen LogP contribution in [-0.4, -0.2) is 44.3 Å². The van der Waals surface area contributed by atoms with Gasteiger partial charge in [0.05, 0.1) is 10.6 Å². The molecular weight excluding hydrogens is 606 g/mol. The average molecular weight is 646 g/mol. The molecule has 4 aromatic carbocycles. The number of carbonyl (C=O) groups excluding carboxylic acids is 2. The second-order valence-corrected chi connectivity index (χ2v) is 14.0. The van der Waals surface area contributed by atoms with Crippen molar-refractivity contribution in [1.29, 1.82) is 0 Å². The summed E-state index contributed by atoms with van der Waals surface area (Å²) in [5.41, 5.74) is 3.90. The molecular formula is C36H40ClN3O4S. The van der Waals surface area contributed by atoms with Crippen LogP contribution in [0.5, 0.6) is 0 Å². The highest BCUT2D eigenvalue weighted by atomic mass is 35.5. The first-order chi connectivity index (χ1) is 21.4. The Kier molecular flexibility index (Phi) is 11.4. The van der Waals surface area contributed by atoms with Crippen LogP contribution in [-0.2, 0) is 32.6 Å². The molecule has 0 saturated heterocycles. The van der Waals surface area contributed by atoms with Crippen molar-refractivity contribution in [2.75, 3.05) is 17.4 Å². The summed E-state index contributed by atoms with van der Waals surface area (Å²) in [7, 11) is -4.19. The average Bonchev–Trinajstić information content (AvgIpc) is 3.01. The van der Waals surface area contributed by atoms with E-state index in [0.29, 0.717) is 11.6 Å². The molecule has 0 radical (unpaired) electrons. The maximum Gasteiger partial charge on any atom is 0.264 e. The SMILES string of the molecule is Cc1ccc(CN(C(=O)CN(c2cccc(Cl)c2)S(=O)(=O)c2ccc(C)cc2)[C@@H](Cc2ccccc2)C(=O)NCC(C)C)cc1. The molecule has 9 heteroatoms. The van der Waals surface area contributed by atoms with Crippen molar-refractivity contribution < 1.29 is 18.0 Å². The second kappa shape index (κ2) is 15.2. The summed E-state index contributed by atoms with van der Waals surface area (Å²) >= 11 is 6.30. The topological polar surface area (TPSA) is 86.8 Å². The Morgan fingerprint density at radius 3 is 2.02 bits per heavy atom. The van der Waals surface area contributed by atoms with Crippen molar-refractivity contribution in [2.24, 2.45) is 5.92 Å². The highest BCUT2D eigenvalue weighted by Gasteiger charge is 2.34. The first kappa shape index (κ1) is 33.7. The molecule has 45 heavy (non-hydrogen) atoms. The lowest BCUT2D eigenvalue weighted by atomic mass is 10.0. The summed E-state index contributed by atoms with van der Waals surface area (Å²) in [4.78, 5) is 29.9. The summed E-state index contributed by atoms with van der Waals surface area (Å²) in [5, 5.41) is 3.33.